The summed E-state index contributed by atoms with van der Waals surface area (Å²) < 4.78 is 0. The van der Waals surface area contributed by atoms with E-state index in [2.05, 4.69) is 15.3 Å². The molecule has 0 aromatic heterocycles. The molecule has 16 heavy (non-hydrogen) atoms. The standard InChI is InChI=1S/C11H16N4O/c1-13-10(11(16)8-14-15-12)7-9-5-3-2-4-6-9/h2-6,10-11,13,16H,7-8H2,1H3/t10-,11+/m0/s1. The van der Waals surface area contributed by atoms with Crippen LogP contribution in [0.4, 0.5) is 0 Å². The monoisotopic (exact) mass is 220 g/mol. The van der Waals surface area contributed by atoms with Crippen LogP contribution in [0.15, 0.2) is 35.4 Å². The van der Waals surface area contributed by atoms with Gasteiger partial charge >= 0.3 is 0 Å². The molecule has 0 saturated carbocycles. The number of hydrogen-bond donors (Lipinski definition) is 2. The molecule has 0 saturated heterocycles. The lowest BCUT2D eigenvalue weighted by Gasteiger charge is -2.21. The fourth-order valence-corrected chi connectivity index (χ4v) is 1.55. The van der Waals surface area contributed by atoms with Crippen molar-refractivity contribution in [2.24, 2.45) is 5.11 Å². The van der Waals surface area contributed by atoms with Gasteiger partial charge < -0.3 is 10.4 Å². The maximum absolute atomic E-state index is 9.77. The highest BCUT2D eigenvalue weighted by Gasteiger charge is 2.16. The van der Waals surface area contributed by atoms with E-state index in [9.17, 15) is 5.11 Å². The van der Waals surface area contributed by atoms with Gasteiger partial charge in [0.2, 0.25) is 0 Å². The highest BCUT2D eigenvalue weighted by atomic mass is 16.3. The van der Waals surface area contributed by atoms with Crippen LogP contribution in [-0.4, -0.2) is 30.8 Å². The zero-order valence-electron chi connectivity index (χ0n) is 9.24. The van der Waals surface area contributed by atoms with E-state index in [0.29, 0.717) is 6.42 Å². The smallest absolute Gasteiger partial charge is 0.0752 e. The molecule has 0 heterocycles. The molecule has 2 atom stereocenters. The number of likely N-dealkylation sites (N-methyl/N-ethyl adjacent to an activating group) is 1. The van der Waals surface area contributed by atoms with Gasteiger partial charge in [0.05, 0.1) is 12.6 Å². The highest BCUT2D eigenvalue weighted by Crippen LogP contribution is 2.06. The molecule has 0 aliphatic heterocycles. The molecule has 2 N–H and O–H groups in total. The molecule has 0 aliphatic rings. The van der Waals surface area contributed by atoms with E-state index in [1.54, 1.807) is 7.05 Å². The summed E-state index contributed by atoms with van der Waals surface area (Å²) in [6.45, 7) is 0.0921. The quantitative estimate of drug-likeness (QED) is 0.432. The summed E-state index contributed by atoms with van der Waals surface area (Å²) in [6, 6.07) is 9.78. The molecule has 1 rings (SSSR count). The van der Waals surface area contributed by atoms with Gasteiger partial charge in [0, 0.05) is 11.0 Å². The van der Waals surface area contributed by atoms with Crippen molar-refractivity contribution in [2.45, 2.75) is 18.6 Å². The lowest BCUT2D eigenvalue weighted by atomic mass is 10.0. The Morgan fingerprint density at radius 2 is 2.12 bits per heavy atom. The molecule has 1 aromatic rings. The van der Waals surface area contributed by atoms with Crippen LogP contribution in [0.3, 0.4) is 0 Å². The number of aliphatic hydroxyl groups is 1. The van der Waals surface area contributed by atoms with Crippen molar-refractivity contribution in [3.05, 3.63) is 46.3 Å². The molecule has 0 unspecified atom stereocenters. The summed E-state index contributed by atoms with van der Waals surface area (Å²) in [7, 11) is 1.78. The third-order valence-electron chi connectivity index (χ3n) is 2.47. The lowest BCUT2D eigenvalue weighted by molar-refractivity contribution is 0.138. The topological polar surface area (TPSA) is 81.0 Å². The predicted octanol–water partition coefficient (Wildman–Crippen LogP) is 1.49. The molecule has 0 radical (unpaired) electrons. The molecule has 0 bridgehead atoms. The maximum Gasteiger partial charge on any atom is 0.0752 e. The van der Waals surface area contributed by atoms with Gasteiger partial charge in [-0.05, 0) is 24.6 Å². The number of nitrogens with one attached hydrogen (secondary N) is 1. The average Bonchev–Trinajstić information content (AvgIpc) is 2.34. The number of azide groups is 1. The first kappa shape index (κ1) is 12.5. The Labute approximate surface area is 94.7 Å². The van der Waals surface area contributed by atoms with Gasteiger partial charge in [-0.3, -0.25) is 0 Å². The Morgan fingerprint density at radius 3 is 2.69 bits per heavy atom. The molecule has 0 amide bonds. The van der Waals surface area contributed by atoms with Crippen LogP contribution in [0, 0.1) is 0 Å². The van der Waals surface area contributed by atoms with E-state index in [0.717, 1.165) is 5.56 Å². The molecule has 5 nitrogen and oxygen atoms in total. The van der Waals surface area contributed by atoms with E-state index >= 15 is 0 Å². The predicted molar refractivity (Wildman–Crippen MR) is 63.0 cm³/mol. The molecular weight excluding hydrogens is 204 g/mol. The van der Waals surface area contributed by atoms with Crippen LogP contribution < -0.4 is 5.32 Å². The van der Waals surface area contributed by atoms with E-state index < -0.39 is 6.10 Å². The Bertz CT molecular complexity index is 348. The van der Waals surface area contributed by atoms with Gasteiger partial charge in [0.1, 0.15) is 0 Å². The fraction of sp³-hybridized carbons (Fsp3) is 0.455. The zero-order chi connectivity index (χ0) is 11.8. The van der Waals surface area contributed by atoms with Crippen molar-refractivity contribution in [1.82, 2.24) is 5.32 Å². The molecular formula is C11H16N4O. The van der Waals surface area contributed by atoms with Crippen LogP contribution in [0.5, 0.6) is 0 Å². The number of rotatable bonds is 6. The van der Waals surface area contributed by atoms with Crippen molar-refractivity contribution in [2.75, 3.05) is 13.6 Å². The molecule has 0 aliphatic carbocycles. The Balaban J connectivity index is 2.58. The lowest BCUT2D eigenvalue weighted by Crippen LogP contribution is -2.41. The number of benzene rings is 1. The second kappa shape index (κ2) is 6.85. The molecule has 86 valence electrons. The van der Waals surface area contributed by atoms with Crippen LogP contribution in [0.1, 0.15) is 5.56 Å². The van der Waals surface area contributed by atoms with Crippen LogP contribution in [-0.2, 0) is 6.42 Å². The summed E-state index contributed by atoms with van der Waals surface area (Å²) in [6.07, 6.45) is 0.0422. The van der Waals surface area contributed by atoms with Crippen LogP contribution in [0.2, 0.25) is 0 Å². The third-order valence-corrected chi connectivity index (χ3v) is 2.47. The van der Waals surface area contributed by atoms with Crippen LogP contribution >= 0.6 is 0 Å². The molecule has 1 aromatic carbocycles. The normalized spacial score (nSPS) is 13.9. The zero-order valence-corrected chi connectivity index (χ0v) is 9.24. The Morgan fingerprint density at radius 1 is 1.44 bits per heavy atom. The van der Waals surface area contributed by atoms with Crippen molar-refractivity contribution in [3.8, 4) is 0 Å². The number of hydrogen-bond acceptors (Lipinski definition) is 3. The van der Waals surface area contributed by atoms with Gasteiger partial charge in [-0.1, -0.05) is 35.4 Å². The summed E-state index contributed by atoms with van der Waals surface area (Å²) in [5.74, 6) is 0. The Hall–Kier alpha value is -1.55. The van der Waals surface area contributed by atoms with Gasteiger partial charge in [-0.15, -0.1) is 0 Å². The first-order valence-corrected chi connectivity index (χ1v) is 5.18. The van der Waals surface area contributed by atoms with E-state index in [4.69, 9.17) is 5.53 Å². The molecule has 5 heteroatoms. The summed E-state index contributed by atoms with van der Waals surface area (Å²) >= 11 is 0. The van der Waals surface area contributed by atoms with Crippen molar-refractivity contribution in [3.63, 3.8) is 0 Å². The number of nitrogens with zero attached hydrogens (tertiary/aromatic N) is 3. The van der Waals surface area contributed by atoms with Crippen molar-refractivity contribution < 1.29 is 5.11 Å². The van der Waals surface area contributed by atoms with E-state index in [-0.39, 0.29) is 12.6 Å². The fourth-order valence-electron chi connectivity index (χ4n) is 1.55. The number of aliphatic hydroxyl groups excluding tert-OH is 1. The minimum Gasteiger partial charge on any atom is -0.391 e. The SMILES string of the molecule is CN[C@@H](Cc1ccccc1)[C@H](O)CN=[N+]=[N-]. The second-order valence-corrected chi connectivity index (χ2v) is 3.57. The summed E-state index contributed by atoms with van der Waals surface area (Å²) in [5.41, 5.74) is 9.33. The highest BCUT2D eigenvalue weighted by molar-refractivity contribution is 5.16. The van der Waals surface area contributed by atoms with Gasteiger partial charge in [0.15, 0.2) is 0 Å². The minimum atomic E-state index is -0.666. The average molecular weight is 220 g/mol. The van der Waals surface area contributed by atoms with Crippen LogP contribution in [0.25, 0.3) is 10.4 Å². The second-order valence-electron chi connectivity index (χ2n) is 3.57. The molecule has 0 fully saturated rings. The van der Waals surface area contributed by atoms with E-state index in [1.165, 1.54) is 0 Å². The molecule has 0 spiro atoms. The summed E-state index contributed by atoms with van der Waals surface area (Å²) in [5, 5.41) is 16.2. The van der Waals surface area contributed by atoms with E-state index in [1.807, 2.05) is 30.3 Å². The first-order chi connectivity index (χ1) is 7.77. The van der Waals surface area contributed by atoms with Gasteiger partial charge in [-0.25, -0.2) is 0 Å². The minimum absolute atomic E-state index is 0.0921. The first-order valence-electron chi connectivity index (χ1n) is 5.18. The largest absolute Gasteiger partial charge is 0.391 e. The maximum atomic E-state index is 9.77. The Kier molecular flexibility index (Phi) is 5.36. The third kappa shape index (κ3) is 3.90. The van der Waals surface area contributed by atoms with Crippen molar-refractivity contribution >= 4 is 0 Å². The van der Waals surface area contributed by atoms with Gasteiger partial charge in [0.25, 0.3) is 0 Å². The van der Waals surface area contributed by atoms with Crippen molar-refractivity contribution in [1.29, 1.82) is 0 Å². The summed E-state index contributed by atoms with van der Waals surface area (Å²) in [4.78, 5) is 2.64. The van der Waals surface area contributed by atoms with Gasteiger partial charge in [-0.2, -0.15) is 0 Å².